The van der Waals surface area contributed by atoms with Crippen LogP contribution in [-0.4, -0.2) is 28.6 Å². The molecule has 0 saturated heterocycles. The summed E-state index contributed by atoms with van der Waals surface area (Å²) in [6, 6.07) is 4.06. The average molecular weight is 342 g/mol. The van der Waals surface area contributed by atoms with E-state index in [-0.39, 0.29) is 12.4 Å². The molecule has 0 saturated carbocycles. The number of aliphatic hydroxyl groups excluding tert-OH is 1. The van der Waals surface area contributed by atoms with Gasteiger partial charge in [-0.1, -0.05) is 23.2 Å². The van der Waals surface area contributed by atoms with E-state index in [4.69, 9.17) is 28.9 Å². The van der Waals surface area contributed by atoms with E-state index in [2.05, 4.69) is 32.6 Å². The smallest absolute Gasteiger partial charge is 0.0918 e. The largest absolute Gasteiger partial charge is 0.396 e. The number of hydrogen-bond acceptors (Lipinski definition) is 3. The van der Waals surface area contributed by atoms with Crippen molar-refractivity contribution in [3.63, 3.8) is 0 Å². The topological polar surface area (TPSA) is 49.5 Å². The molecule has 0 aliphatic carbocycles. The van der Waals surface area contributed by atoms with E-state index in [9.17, 15) is 5.11 Å². The molecule has 0 heterocycles. The predicted molar refractivity (Wildman–Crippen MR) is 90.1 cm³/mol. The summed E-state index contributed by atoms with van der Waals surface area (Å²) in [7, 11) is 0. The van der Waals surface area contributed by atoms with E-state index < -0.39 is 6.10 Å². The maximum absolute atomic E-state index is 10.3. The Morgan fingerprint density at radius 3 is 1.85 bits per heavy atom. The summed E-state index contributed by atoms with van der Waals surface area (Å²) >= 11 is 12.0. The minimum atomic E-state index is -0.639. The Balaban J connectivity index is 0.00000361. The number of aliphatic hydroxyl groups is 1. The molecule has 6 heteroatoms. The molecular formula is C14H23Cl3N2O. The third-order valence-electron chi connectivity index (χ3n) is 3.20. The van der Waals surface area contributed by atoms with E-state index in [1.54, 1.807) is 12.1 Å². The summed E-state index contributed by atoms with van der Waals surface area (Å²) in [6.45, 7) is 8.96. The van der Waals surface area contributed by atoms with Gasteiger partial charge in [0.2, 0.25) is 0 Å². The maximum Gasteiger partial charge on any atom is 0.0918 e. The molecular weight excluding hydrogens is 319 g/mol. The zero-order valence-corrected chi connectivity index (χ0v) is 14.6. The molecule has 0 radical (unpaired) electrons. The molecule has 0 amide bonds. The van der Waals surface area contributed by atoms with Gasteiger partial charge in [-0.2, -0.15) is 0 Å². The van der Waals surface area contributed by atoms with Gasteiger partial charge in [0.25, 0.3) is 0 Å². The molecule has 1 atom stereocenters. The number of anilines is 1. The first-order valence-corrected chi connectivity index (χ1v) is 7.17. The second kappa shape index (κ2) is 8.30. The molecule has 0 spiro atoms. The highest BCUT2D eigenvalue weighted by atomic mass is 35.5. The quantitative estimate of drug-likeness (QED) is 0.791. The van der Waals surface area contributed by atoms with Crippen molar-refractivity contribution in [3.8, 4) is 0 Å². The Labute approximate surface area is 137 Å². The van der Waals surface area contributed by atoms with Crippen LogP contribution in [0.5, 0.6) is 0 Å². The zero-order valence-electron chi connectivity index (χ0n) is 12.2. The van der Waals surface area contributed by atoms with E-state index in [0.29, 0.717) is 39.9 Å². The number of rotatable bonds is 5. The maximum atomic E-state index is 10.3. The fourth-order valence-electron chi connectivity index (χ4n) is 2.12. The lowest BCUT2D eigenvalue weighted by Gasteiger charge is -2.32. The molecule has 20 heavy (non-hydrogen) atoms. The Morgan fingerprint density at radius 1 is 1.10 bits per heavy atom. The third kappa shape index (κ3) is 4.97. The Bertz CT molecular complexity index is 407. The van der Waals surface area contributed by atoms with E-state index in [0.717, 1.165) is 0 Å². The van der Waals surface area contributed by atoms with Crippen LogP contribution in [0.1, 0.15) is 39.4 Å². The molecule has 1 rings (SSSR count). The van der Waals surface area contributed by atoms with Gasteiger partial charge >= 0.3 is 0 Å². The van der Waals surface area contributed by atoms with E-state index in [1.807, 2.05) is 0 Å². The summed E-state index contributed by atoms with van der Waals surface area (Å²) in [5.74, 6) is 0. The Morgan fingerprint density at radius 2 is 1.50 bits per heavy atom. The van der Waals surface area contributed by atoms with E-state index in [1.165, 1.54) is 0 Å². The van der Waals surface area contributed by atoms with Crippen LogP contribution in [0.2, 0.25) is 10.0 Å². The third-order valence-corrected chi connectivity index (χ3v) is 3.82. The molecule has 116 valence electrons. The lowest BCUT2D eigenvalue weighted by atomic mass is 10.1. The van der Waals surface area contributed by atoms with Crippen molar-refractivity contribution >= 4 is 41.3 Å². The molecule has 1 unspecified atom stereocenters. The van der Waals surface area contributed by atoms with Crippen LogP contribution in [0.3, 0.4) is 0 Å². The lowest BCUT2D eigenvalue weighted by Crippen LogP contribution is -2.39. The van der Waals surface area contributed by atoms with Gasteiger partial charge in [-0.15, -0.1) is 12.4 Å². The average Bonchev–Trinajstić information content (AvgIpc) is 2.31. The minimum Gasteiger partial charge on any atom is -0.396 e. The summed E-state index contributed by atoms with van der Waals surface area (Å²) in [5.41, 5.74) is 6.73. The molecule has 3 nitrogen and oxygen atoms in total. The van der Waals surface area contributed by atoms with Crippen LogP contribution >= 0.6 is 35.6 Å². The summed E-state index contributed by atoms with van der Waals surface area (Å²) in [6.07, 6.45) is -0.639. The van der Waals surface area contributed by atoms with Gasteiger partial charge in [-0.3, -0.25) is 4.90 Å². The molecule has 1 aromatic rings. The number of nitrogens with two attached hydrogens (primary N) is 1. The standard InChI is InChI=1S/C14H22Cl2N2O.ClH/c1-8(2)18(9(3)4)7-13(19)10-5-11(15)14(17)12(16)6-10;/h5-6,8-9,13,19H,7,17H2,1-4H3;1H. The lowest BCUT2D eigenvalue weighted by molar-refractivity contribution is 0.0756. The number of nitrogen functional groups attached to an aromatic ring is 1. The highest BCUT2D eigenvalue weighted by Crippen LogP contribution is 2.31. The summed E-state index contributed by atoms with van der Waals surface area (Å²) in [4.78, 5) is 2.21. The first kappa shape index (κ1) is 19.8. The molecule has 1 aromatic carbocycles. The number of halogens is 3. The molecule has 0 aliphatic rings. The molecule has 3 N–H and O–H groups in total. The minimum absolute atomic E-state index is 0. The fourth-order valence-corrected chi connectivity index (χ4v) is 2.62. The van der Waals surface area contributed by atoms with Gasteiger partial charge < -0.3 is 10.8 Å². The van der Waals surface area contributed by atoms with Gasteiger partial charge in [0.05, 0.1) is 21.8 Å². The molecule has 0 aliphatic heterocycles. The highest BCUT2D eigenvalue weighted by molar-refractivity contribution is 6.38. The second-order valence-electron chi connectivity index (χ2n) is 5.30. The van der Waals surface area contributed by atoms with Crippen LogP contribution in [0.4, 0.5) is 5.69 Å². The van der Waals surface area contributed by atoms with Crippen molar-refractivity contribution in [2.75, 3.05) is 12.3 Å². The van der Waals surface area contributed by atoms with Crippen molar-refractivity contribution in [1.29, 1.82) is 0 Å². The Hall–Kier alpha value is -0.190. The van der Waals surface area contributed by atoms with Crippen molar-refractivity contribution in [1.82, 2.24) is 4.90 Å². The summed E-state index contributed by atoms with van der Waals surface area (Å²) < 4.78 is 0. The first-order valence-electron chi connectivity index (χ1n) is 6.42. The van der Waals surface area contributed by atoms with Gasteiger partial charge in [0.15, 0.2) is 0 Å². The van der Waals surface area contributed by atoms with Gasteiger partial charge in [0, 0.05) is 18.6 Å². The monoisotopic (exact) mass is 340 g/mol. The van der Waals surface area contributed by atoms with Gasteiger partial charge in [-0.05, 0) is 45.4 Å². The first-order chi connectivity index (χ1) is 8.73. The van der Waals surface area contributed by atoms with Crippen LogP contribution < -0.4 is 5.73 Å². The molecule has 0 aromatic heterocycles. The van der Waals surface area contributed by atoms with Crippen LogP contribution in [-0.2, 0) is 0 Å². The van der Waals surface area contributed by atoms with Crippen molar-refractivity contribution < 1.29 is 5.11 Å². The second-order valence-corrected chi connectivity index (χ2v) is 6.11. The van der Waals surface area contributed by atoms with Crippen LogP contribution in [0.15, 0.2) is 12.1 Å². The molecule has 0 fully saturated rings. The molecule has 0 bridgehead atoms. The van der Waals surface area contributed by atoms with Crippen LogP contribution in [0, 0.1) is 0 Å². The fraction of sp³-hybridized carbons (Fsp3) is 0.571. The Kier molecular flexibility index (Phi) is 8.22. The highest BCUT2D eigenvalue weighted by Gasteiger charge is 2.20. The number of benzene rings is 1. The summed E-state index contributed by atoms with van der Waals surface area (Å²) in [5, 5.41) is 11.1. The number of hydrogen-bond donors (Lipinski definition) is 2. The number of nitrogens with zero attached hydrogens (tertiary/aromatic N) is 1. The predicted octanol–water partition coefficient (Wildman–Crippen LogP) is 4.15. The van der Waals surface area contributed by atoms with Crippen LogP contribution in [0.25, 0.3) is 0 Å². The normalized spacial score (nSPS) is 12.9. The van der Waals surface area contributed by atoms with Crippen molar-refractivity contribution in [2.24, 2.45) is 0 Å². The van der Waals surface area contributed by atoms with Gasteiger partial charge in [0.1, 0.15) is 0 Å². The zero-order chi connectivity index (χ0) is 14.7. The van der Waals surface area contributed by atoms with Crippen molar-refractivity contribution in [2.45, 2.75) is 45.9 Å². The van der Waals surface area contributed by atoms with Crippen molar-refractivity contribution in [3.05, 3.63) is 27.7 Å². The van der Waals surface area contributed by atoms with E-state index >= 15 is 0 Å². The van der Waals surface area contributed by atoms with Gasteiger partial charge in [-0.25, -0.2) is 0 Å². The SMILES string of the molecule is CC(C)N(CC(O)c1cc(Cl)c(N)c(Cl)c1)C(C)C.Cl.